The quantitative estimate of drug-likeness (QED) is 0.748. The van der Waals surface area contributed by atoms with Gasteiger partial charge in [-0.15, -0.1) is 0 Å². The van der Waals surface area contributed by atoms with Crippen molar-refractivity contribution in [1.29, 1.82) is 0 Å². The first-order valence-electron chi connectivity index (χ1n) is 6.74. The van der Waals surface area contributed by atoms with Crippen LogP contribution < -0.4 is 5.73 Å². The van der Waals surface area contributed by atoms with Gasteiger partial charge in [-0.25, -0.2) is 9.67 Å². The molecule has 0 bridgehead atoms. The standard InChI is InChI=1S/C13H24N4O2/c1-5-10-15-11(6-2)17(16-10)9-7-8-13(3,14)12(18)19-4/h5-9,14H2,1-4H3. The predicted molar refractivity (Wildman–Crippen MR) is 72.6 cm³/mol. The van der Waals surface area contributed by atoms with Gasteiger partial charge in [0.2, 0.25) is 0 Å². The molecule has 0 saturated carbocycles. The number of nitrogens with two attached hydrogens (primary N) is 1. The van der Waals surface area contributed by atoms with Gasteiger partial charge >= 0.3 is 5.97 Å². The Bertz CT molecular complexity index is 426. The Hall–Kier alpha value is -1.43. The van der Waals surface area contributed by atoms with Crippen LogP contribution in [-0.2, 0) is 28.9 Å². The summed E-state index contributed by atoms with van der Waals surface area (Å²) in [4.78, 5) is 15.9. The molecule has 2 N–H and O–H groups in total. The van der Waals surface area contributed by atoms with Crippen molar-refractivity contribution in [3.8, 4) is 0 Å². The highest BCUT2D eigenvalue weighted by Crippen LogP contribution is 2.12. The summed E-state index contributed by atoms with van der Waals surface area (Å²) in [7, 11) is 1.35. The van der Waals surface area contributed by atoms with E-state index >= 15 is 0 Å². The highest BCUT2D eigenvalue weighted by Gasteiger charge is 2.28. The van der Waals surface area contributed by atoms with E-state index in [1.54, 1.807) is 6.92 Å². The van der Waals surface area contributed by atoms with Crippen LogP contribution in [0.2, 0.25) is 0 Å². The Kier molecular flexibility index (Phi) is 5.47. The maximum Gasteiger partial charge on any atom is 0.325 e. The van der Waals surface area contributed by atoms with Crippen molar-refractivity contribution in [3.05, 3.63) is 11.6 Å². The molecule has 1 unspecified atom stereocenters. The lowest BCUT2D eigenvalue weighted by atomic mass is 9.97. The van der Waals surface area contributed by atoms with Gasteiger partial charge in [-0.05, 0) is 19.8 Å². The van der Waals surface area contributed by atoms with Crippen molar-refractivity contribution in [3.63, 3.8) is 0 Å². The van der Waals surface area contributed by atoms with Crippen LogP contribution >= 0.6 is 0 Å². The van der Waals surface area contributed by atoms with E-state index in [0.29, 0.717) is 6.42 Å². The number of nitrogens with zero attached hydrogens (tertiary/aromatic N) is 3. The zero-order valence-corrected chi connectivity index (χ0v) is 12.3. The number of rotatable bonds is 7. The lowest BCUT2D eigenvalue weighted by molar-refractivity contribution is -0.146. The maximum atomic E-state index is 11.5. The van der Waals surface area contributed by atoms with E-state index in [0.717, 1.165) is 37.5 Å². The average molecular weight is 268 g/mol. The molecule has 0 aromatic carbocycles. The summed E-state index contributed by atoms with van der Waals surface area (Å²) in [6.45, 7) is 6.51. The second kappa shape index (κ2) is 6.65. The lowest BCUT2D eigenvalue weighted by Crippen LogP contribution is -2.45. The Morgan fingerprint density at radius 1 is 1.42 bits per heavy atom. The number of carbonyl (C=O) groups excluding carboxylic acids is 1. The molecule has 0 aliphatic carbocycles. The molecule has 0 saturated heterocycles. The molecule has 0 amide bonds. The predicted octanol–water partition coefficient (Wildman–Crippen LogP) is 1.07. The highest BCUT2D eigenvalue weighted by atomic mass is 16.5. The number of hydrogen-bond donors (Lipinski definition) is 1. The molecule has 1 heterocycles. The monoisotopic (exact) mass is 268 g/mol. The molecule has 0 aliphatic rings. The third kappa shape index (κ3) is 4.02. The van der Waals surface area contributed by atoms with Crippen LogP contribution in [0.3, 0.4) is 0 Å². The number of methoxy groups -OCH3 is 1. The minimum Gasteiger partial charge on any atom is -0.468 e. The molecule has 0 fully saturated rings. The maximum absolute atomic E-state index is 11.5. The summed E-state index contributed by atoms with van der Waals surface area (Å²) in [5.74, 6) is 1.46. The van der Waals surface area contributed by atoms with E-state index in [4.69, 9.17) is 5.73 Å². The first-order chi connectivity index (χ1) is 8.94. The normalized spacial score (nSPS) is 14.2. The second-order valence-electron chi connectivity index (χ2n) is 4.89. The van der Waals surface area contributed by atoms with E-state index in [1.807, 2.05) is 11.6 Å². The molecule has 1 atom stereocenters. The Labute approximate surface area is 114 Å². The summed E-state index contributed by atoms with van der Waals surface area (Å²) in [6, 6.07) is 0. The van der Waals surface area contributed by atoms with Gasteiger partial charge in [-0.3, -0.25) is 4.79 Å². The first kappa shape index (κ1) is 15.6. The molecular formula is C13H24N4O2. The summed E-state index contributed by atoms with van der Waals surface area (Å²) in [6.07, 6.45) is 3.01. The average Bonchev–Trinajstić information content (AvgIpc) is 2.80. The van der Waals surface area contributed by atoms with Crippen LogP contribution in [0.5, 0.6) is 0 Å². The van der Waals surface area contributed by atoms with E-state index in [2.05, 4.69) is 21.7 Å². The number of hydrogen-bond acceptors (Lipinski definition) is 5. The van der Waals surface area contributed by atoms with Crippen LogP contribution in [0.1, 0.15) is 45.3 Å². The minimum atomic E-state index is -0.935. The molecule has 6 nitrogen and oxygen atoms in total. The Morgan fingerprint density at radius 2 is 2.11 bits per heavy atom. The zero-order valence-electron chi connectivity index (χ0n) is 12.3. The summed E-state index contributed by atoms with van der Waals surface area (Å²) < 4.78 is 6.59. The van der Waals surface area contributed by atoms with Gasteiger partial charge in [-0.1, -0.05) is 13.8 Å². The van der Waals surface area contributed by atoms with Gasteiger partial charge in [0, 0.05) is 19.4 Å². The molecule has 6 heteroatoms. The molecule has 108 valence electrons. The number of ether oxygens (including phenoxy) is 1. The van der Waals surface area contributed by atoms with Crippen molar-refractivity contribution in [2.45, 2.75) is 58.5 Å². The molecule has 0 spiro atoms. The van der Waals surface area contributed by atoms with Crippen molar-refractivity contribution in [2.75, 3.05) is 7.11 Å². The molecular weight excluding hydrogens is 244 g/mol. The molecule has 1 aromatic heterocycles. The fourth-order valence-corrected chi connectivity index (χ4v) is 1.95. The first-order valence-corrected chi connectivity index (χ1v) is 6.74. The fourth-order valence-electron chi connectivity index (χ4n) is 1.95. The molecule has 0 radical (unpaired) electrons. The number of aromatic nitrogens is 3. The lowest BCUT2D eigenvalue weighted by Gasteiger charge is -2.21. The van der Waals surface area contributed by atoms with Crippen molar-refractivity contribution < 1.29 is 9.53 Å². The van der Waals surface area contributed by atoms with E-state index in [-0.39, 0.29) is 5.97 Å². The van der Waals surface area contributed by atoms with Gasteiger partial charge in [0.15, 0.2) is 5.82 Å². The zero-order chi connectivity index (χ0) is 14.5. The highest BCUT2D eigenvalue weighted by molar-refractivity contribution is 5.79. The molecule has 0 aliphatic heterocycles. The largest absolute Gasteiger partial charge is 0.468 e. The van der Waals surface area contributed by atoms with Crippen LogP contribution in [0.15, 0.2) is 0 Å². The van der Waals surface area contributed by atoms with E-state index in [1.165, 1.54) is 7.11 Å². The van der Waals surface area contributed by atoms with Crippen molar-refractivity contribution in [2.24, 2.45) is 5.73 Å². The van der Waals surface area contributed by atoms with E-state index in [9.17, 15) is 4.79 Å². The van der Waals surface area contributed by atoms with Crippen LogP contribution in [0, 0.1) is 0 Å². The summed E-state index contributed by atoms with van der Waals surface area (Å²) in [5, 5.41) is 4.43. The smallest absolute Gasteiger partial charge is 0.325 e. The summed E-state index contributed by atoms with van der Waals surface area (Å²) in [5.41, 5.74) is 4.98. The molecule has 1 aromatic rings. The van der Waals surface area contributed by atoms with Crippen LogP contribution in [-0.4, -0.2) is 33.4 Å². The second-order valence-corrected chi connectivity index (χ2v) is 4.89. The minimum absolute atomic E-state index is 0.379. The number of aryl methyl sites for hydroxylation is 3. The van der Waals surface area contributed by atoms with Crippen molar-refractivity contribution in [1.82, 2.24) is 14.8 Å². The number of carbonyl (C=O) groups is 1. The van der Waals surface area contributed by atoms with Gasteiger partial charge in [0.25, 0.3) is 0 Å². The third-order valence-electron chi connectivity index (χ3n) is 3.14. The van der Waals surface area contributed by atoms with E-state index < -0.39 is 5.54 Å². The Morgan fingerprint density at radius 3 is 2.63 bits per heavy atom. The van der Waals surface area contributed by atoms with Crippen LogP contribution in [0.25, 0.3) is 0 Å². The van der Waals surface area contributed by atoms with Gasteiger partial charge in [-0.2, -0.15) is 5.10 Å². The Balaban J connectivity index is 2.57. The fraction of sp³-hybridized carbons (Fsp3) is 0.769. The van der Waals surface area contributed by atoms with Crippen molar-refractivity contribution >= 4 is 5.97 Å². The summed E-state index contributed by atoms with van der Waals surface area (Å²) >= 11 is 0. The van der Waals surface area contributed by atoms with Gasteiger partial charge in [0.1, 0.15) is 11.4 Å². The molecule has 19 heavy (non-hydrogen) atoms. The molecule has 1 rings (SSSR count). The van der Waals surface area contributed by atoms with Gasteiger partial charge < -0.3 is 10.5 Å². The third-order valence-corrected chi connectivity index (χ3v) is 3.14. The van der Waals surface area contributed by atoms with Gasteiger partial charge in [0.05, 0.1) is 7.11 Å². The number of esters is 1. The SMILES string of the molecule is CCc1nc(CC)n(CCCC(C)(N)C(=O)OC)n1. The topological polar surface area (TPSA) is 83.0 Å². The van der Waals surface area contributed by atoms with Crippen LogP contribution in [0.4, 0.5) is 0 Å².